The molecule has 0 aliphatic heterocycles. The summed E-state index contributed by atoms with van der Waals surface area (Å²) in [5, 5.41) is 1.84. The van der Waals surface area contributed by atoms with Gasteiger partial charge in [0.25, 0.3) is 0 Å². The van der Waals surface area contributed by atoms with Gasteiger partial charge in [-0.1, -0.05) is 18.2 Å². The Morgan fingerprint density at radius 3 is 1.93 bits per heavy atom. The molecule has 0 saturated carbocycles. The fourth-order valence-corrected chi connectivity index (χ4v) is 1.29. The summed E-state index contributed by atoms with van der Waals surface area (Å²) in [4.78, 5) is 0. The van der Waals surface area contributed by atoms with Gasteiger partial charge in [-0.25, -0.2) is 16.0 Å². The predicted octanol–water partition coefficient (Wildman–Crippen LogP) is 1.98. The van der Waals surface area contributed by atoms with E-state index in [0.29, 0.717) is 24.8 Å². The van der Waals surface area contributed by atoms with Gasteiger partial charge in [-0.15, -0.1) is 23.2 Å². The first-order valence-electron chi connectivity index (χ1n) is 4.82. The lowest BCUT2D eigenvalue weighted by molar-refractivity contribution is 0.553. The summed E-state index contributed by atoms with van der Waals surface area (Å²) in [6.45, 7) is 1.40. The number of nitrogens with zero attached hydrogens (tertiary/aromatic N) is 1. The van der Waals surface area contributed by atoms with E-state index in [1.54, 1.807) is 0 Å². The van der Waals surface area contributed by atoms with Gasteiger partial charge in [0.05, 0.1) is 5.69 Å². The smallest absolute Gasteiger partial charge is 0.0702 e. The normalized spacial score (nSPS) is 10.3. The van der Waals surface area contributed by atoms with Crippen LogP contribution < -0.4 is 16.0 Å². The minimum atomic E-state index is 0.561. The molecule has 0 spiro atoms. The highest BCUT2D eigenvalue weighted by atomic mass is 35.5. The third kappa shape index (κ3) is 4.71. The largest absolute Gasteiger partial charge is 0.242 e. The van der Waals surface area contributed by atoms with Crippen LogP contribution in [-0.2, 0) is 0 Å². The van der Waals surface area contributed by atoms with Crippen LogP contribution in [0.2, 0.25) is 0 Å². The number of hydrazine groups is 2. The second-order valence-corrected chi connectivity index (χ2v) is 3.62. The van der Waals surface area contributed by atoms with Crippen LogP contribution >= 0.6 is 23.2 Å². The third-order valence-corrected chi connectivity index (χ3v) is 2.12. The van der Waals surface area contributed by atoms with Crippen molar-refractivity contribution in [1.82, 2.24) is 10.9 Å². The van der Waals surface area contributed by atoms with Crippen LogP contribution in [0.4, 0.5) is 5.69 Å². The molecule has 0 aliphatic rings. The number of alkyl halides is 2. The average Bonchev–Trinajstić information content (AvgIpc) is 2.30. The molecule has 0 aliphatic carbocycles. The fourth-order valence-electron chi connectivity index (χ4n) is 1.12. The molecule has 0 radical (unpaired) electrons. The van der Waals surface area contributed by atoms with E-state index in [-0.39, 0.29) is 0 Å². The average molecular weight is 248 g/mol. The van der Waals surface area contributed by atoms with Crippen LogP contribution in [0, 0.1) is 0 Å². The van der Waals surface area contributed by atoms with Gasteiger partial charge in [0, 0.05) is 24.8 Å². The Bertz CT molecular complexity index is 248. The van der Waals surface area contributed by atoms with E-state index in [2.05, 4.69) is 10.9 Å². The van der Waals surface area contributed by atoms with Gasteiger partial charge < -0.3 is 0 Å². The van der Waals surface area contributed by atoms with Crippen molar-refractivity contribution in [3.8, 4) is 0 Å². The zero-order valence-electron chi connectivity index (χ0n) is 8.42. The van der Waals surface area contributed by atoms with Crippen LogP contribution in [0.5, 0.6) is 0 Å². The molecule has 0 saturated heterocycles. The summed E-state index contributed by atoms with van der Waals surface area (Å²) in [6.07, 6.45) is 0. The van der Waals surface area contributed by atoms with Crippen molar-refractivity contribution in [3.05, 3.63) is 30.3 Å². The molecule has 0 aromatic heterocycles. The highest BCUT2D eigenvalue weighted by molar-refractivity contribution is 6.18. The van der Waals surface area contributed by atoms with Gasteiger partial charge in [-0.05, 0) is 12.1 Å². The summed E-state index contributed by atoms with van der Waals surface area (Å²) < 4.78 is 0. The molecule has 0 bridgehead atoms. The maximum Gasteiger partial charge on any atom is 0.0702 e. The molecule has 5 heteroatoms. The molecule has 0 fully saturated rings. The number of rotatable bonds is 7. The molecular formula is C10H15Cl2N3. The van der Waals surface area contributed by atoms with Gasteiger partial charge in [0.2, 0.25) is 0 Å². The summed E-state index contributed by atoms with van der Waals surface area (Å²) in [5.74, 6) is 1.12. The number of hydrogen-bond donors (Lipinski definition) is 2. The van der Waals surface area contributed by atoms with Crippen molar-refractivity contribution in [2.45, 2.75) is 0 Å². The second-order valence-electron chi connectivity index (χ2n) is 2.87. The molecule has 1 aromatic rings. The quantitative estimate of drug-likeness (QED) is 0.570. The first kappa shape index (κ1) is 12.6. The monoisotopic (exact) mass is 247 g/mol. The van der Waals surface area contributed by atoms with Crippen molar-refractivity contribution in [3.63, 3.8) is 0 Å². The van der Waals surface area contributed by atoms with Crippen LogP contribution in [0.15, 0.2) is 30.3 Å². The lowest BCUT2D eigenvalue weighted by Crippen LogP contribution is -2.49. The topological polar surface area (TPSA) is 27.3 Å². The molecule has 15 heavy (non-hydrogen) atoms. The van der Waals surface area contributed by atoms with Crippen molar-refractivity contribution < 1.29 is 0 Å². The summed E-state index contributed by atoms with van der Waals surface area (Å²) in [7, 11) is 0. The maximum absolute atomic E-state index is 5.62. The van der Waals surface area contributed by atoms with Crippen molar-refractivity contribution >= 4 is 28.9 Å². The van der Waals surface area contributed by atoms with Crippen LogP contribution in [0.3, 0.4) is 0 Å². The lowest BCUT2D eigenvalue weighted by atomic mass is 10.3. The van der Waals surface area contributed by atoms with E-state index in [4.69, 9.17) is 23.2 Å². The second kappa shape index (κ2) is 7.77. The predicted molar refractivity (Wildman–Crippen MR) is 66.4 cm³/mol. The minimum absolute atomic E-state index is 0.561. The maximum atomic E-state index is 5.62. The highest BCUT2D eigenvalue weighted by Gasteiger charge is 2.02. The van der Waals surface area contributed by atoms with Gasteiger partial charge >= 0.3 is 0 Å². The molecule has 84 valence electrons. The summed E-state index contributed by atoms with van der Waals surface area (Å²) in [5.41, 5.74) is 7.34. The van der Waals surface area contributed by atoms with Crippen molar-refractivity contribution in [1.29, 1.82) is 0 Å². The first-order valence-corrected chi connectivity index (χ1v) is 5.89. The van der Waals surface area contributed by atoms with Crippen molar-refractivity contribution in [2.24, 2.45) is 0 Å². The van der Waals surface area contributed by atoms with Gasteiger partial charge in [-0.3, -0.25) is 0 Å². The van der Waals surface area contributed by atoms with E-state index in [0.717, 1.165) is 5.69 Å². The van der Waals surface area contributed by atoms with Gasteiger partial charge in [0.1, 0.15) is 0 Å². The molecule has 0 heterocycles. The number of benzene rings is 1. The summed E-state index contributed by atoms with van der Waals surface area (Å²) >= 11 is 11.2. The Balaban J connectivity index is 2.55. The fraction of sp³-hybridized carbons (Fsp3) is 0.400. The van der Waals surface area contributed by atoms with Gasteiger partial charge in [0.15, 0.2) is 0 Å². The Kier molecular flexibility index (Phi) is 6.52. The molecule has 3 nitrogen and oxygen atoms in total. The minimum Gasteiger partial charge on any atom is -0.242 e. The number of para-hydroxylation sites is 1. The van der Waals surface area contributed by atoms with Crippen LogP contribution in [0.25, 0.3) is 0 Å². The Hall–Kier alpha value is -0.480. The van der Waals surface area contributed by atoms with Gasteiger partial charge in [-0.2, -0.15) is 0 Å². The van der Waals surface area contributed by atoms with Crippen LogP contribution in [-0.4, -0.2) is 24.8 Å². The molecule has 0 atom stereocenters. The van der Waals surface area contributed by atoms with Crippen LogP contribution in [0.1, 0.15) is 0 Å². The molecule has 0 unspecified atom stereocenters. The van der Waals surface area contributed by atoms with E-state index in [1.165, 1.54) is 0 Å². The Morgan fingerprint density at radius 1 is 0.933 bits per heavy atom. The molecule has 1 rings (SSSR count). The SMILES string of the molecule is ClCCNN(NCCCl)c1ccccc1. The van der Waals surface area contributed by atoms with E-state index < -0.39 is 0 Å². The van der Waals surface area contributed by atoms with E-state index in [9.17, 15) is 0 Å². The molecule has 1 aromatic carbocycles. The highest BCUT2D eigenvalue weighted by Crippen LogP contribution is 2.08. The number of anilines is 1. The lowest BCUT2D eigenvalue weighted by Gasteiger charge is -2.25. The van der Waals surface area contributed by atoms with Crippen molar-refractivity contribution in [2.75, 3.05) is 30.0 Å². The molecule has 2 N–H and O–H groups in total. The Labute approximate surface area is 100 Å². The zero-order chi connectivity index (χ0) is 10.9. The number of nitrogens with one attached hydrogen (secondary N) is 2. The zero-order valence-corrected chi connectivity index (χ0v) is 9.93. The van der Waals surface area contributed by atoms with E-state index in [1.807, 2.05) is 35.4 Å². The van der Waals surface area contributed by atoms with E-state index >= 15 is 0 Å². The first-order chi connectivity index (χ1) is 7.38. The molecular weight excluding hydrogens is 233 g/mol. The standard InChI is InChI=1S/C10H15Cl2N3/c11-6-8-13-15(14-9-7-12)10-4-2-1-3-5-10/h1-5,13-14H,6-9H2. The Morgan fingerprint density at radius 2 is 1.47 bits per heavy atom. The summed E-state index contributed by atoms with van der Waals surface area (Å²) in [6, 6.07) is 9.94. The molecule has 0 amide bonds. The number of halogens is 2. The number of hydrogen-bond acceptors (Lipinski definition) is 3. The third-order valence-electron chi connectivity index (χ3n) is 1.74.